The maximum Gasteiger partial charge on any atom is 0.324 e. The second-order valence-electron chi connectivity index (χ2n) is 4.77. The number of halogens is 2. The van der Waals surface area contributed by atoms with E-state index < -0.39 is 21.5 Å². The molecule has 0 unspecified atom stereocenters. The van der Waals surface area contributed by atoms with Gasteiger partial charge < -0.3 is 9.84 Å². The molecule has 0 aromatic heterocycles. The van der Waals surface area contributed by atoms with Crippen LogP contribution in [-0.2, 0) is 14.8 Å². The van der Waals surface area contributed by atoms with Gasteiger partial charge in [-0.3, -0.25) is 4.79 Å². The first-order valence-corrected chi connectivity index (χ1v) is 8.68. The van der Waals surface area contributed by atoms with Crippen LogP contribution in [0.5, 0.6) is 5.75 Å². The van der Waals surface area contributed by atoms with Gasteiger partial charge in [-0.2, -0.15) is 4.72 Å². The first kappa shape index (κ1) is 16.5. The quantitative estimate of drug-likeness (QED) is 0.794. The van der Waals surface area contributed by atoms with E-state index >= 15 is 0 Å². The molecule has 2 N–H and O–H groups in total. The third-order valence-corrected chi connectivity index (χ3v) is 5.76. The first-order valence-electron chi connectivity index (χ1n) is 6.02. The molecule has 1 aliphatic carbocycles. The van der Waals surface area contributed by atoms with E-state index in [1.54, 1.807) is 0 Å². The number of hydrogen-bond acceptors (Lipinski definition) is 4. The average Bonchev–Trinajstić information content (AvgIpc) is 2.32. The fraction of sp³-hybridized carbons (Fsp3) is 0.417. The molecule has 0 heterocycles. The zero-order valence-corrected chi connectivity index (χ0v) is 14.2. The summed E-state index contributed by atoms with van der Waals surface area (Å²) in [6, 6.07) is 2.72. The molecule has 0 spiro atoms. The summed E-state index contributed by atoms with van der Waals surface area (Å²) in [4.78, 5) is 11.1. The topological polar surface area (TPSA) is 92.7 Å². The summed E-state index contributed by atoms with van der Waals surface area (Å²) in [6.45, 7) is 0. The standard InChI is InChI=1S/C12H13BrClNO5S/c1-20-10-8(13)5-7(14)6-9(10)21(18,19)15-12(11(16)17)3-2-4-12/h5-6,15H,2-4H2,1H3,(H,16,17). The minimum atomic E-state index is -4.08. The number of benzene rings is 1. The fourth-order valence-corrected chi connectivity index (χ4v) is 4.94. The number of carboxylic acids is 1. The maximum atomic E-state index is 12.5. The molecule has 0 aliphatic heterocycles. The van der Waals surface area contributed by atoms with Gasteiger partial charge >= 0.3 is 5.97 Å². The molecule has 0 bridgehead atoms. The maximum absolute atomic E-state index is 12.5. The van der Waals surface area contributed by atoms with E-state index in [1.165, 1.54) is 19.2 Å². The normalized spacial score (nSPS) is 17.1. The summed E-state index contributed by atoms with van der Waals surface area (Å²) in [7, 11) is -2.76. The molecule has 1 aromatic carbocycles. The van der Waals surface area contributed by atoms with Crippen LogP contribution < -0.4 is 9.46 Å². The Labute approximate surface area is 135 Å². The Balaban J connectivity index is 2.47. The Morgan fingerprint density at radius 3 is 2.52 bits per heavy atom. The lowest BCUT2D eigenvalue weighted by molar-refractivity contribution is -0.147. The Morgan fingerprint density at radius 2 is 2.10 bits per heavy atom. The third kappa shape index (κ3) is 3.03. The van der Waals surface area contributed by atoms with Crippen LogP contribution in [0.15, 0.2) is 21.5 Å². The van der Waals surface area contributed by atoms with Crippen molar-refractivity contribution in [2.75, 3.05) is 7.11 Å². The first-order chi connectivity index (χ1) is 9.72. The summed E-state index contributed by atoms with van der Waals surface area (Å²) >= 11 is 9.04. The molecule has 1 saturated carbocycles. The number of rotatable bonds is 5. The minimum Gasteiger partial charge on any atom is -0.494 e. The van der Waals surface area contributed by atoms with Gasteiger partial charge in [-0.15, -0.1) is 0 Å². The van der Waals surface area contributed by atoms with Crippen LogP contribution in [0.3, 0.4) is 0 Å². The van der Waals surface area contributed by atoms with Crippen LogP contribution in [0.25, 0.3) is 0 Å². The van der Waals surface area contributed by atoms with Crippen molar-refractivity contribution >= 4 is 43.5 Å². The number of carbonyl (C=O) groups is 1. The average molecular weight is 399 g/mol. The minimum absolute atomic E-state index is 0.0757. The van der Waals surface area contributed by atoms with Crippen LogP contribution in [0.2, 0.25) is 5.02 Å². The number of sulfonamides is 1. The van der Waals surface area contributed by atoms with Gasteiger partial charge in [0, 0.05) is 5.02 Å². The Kier molecular flexibility index (Phi) is 4.53. The summed E-state index contributed by atoms with van der Waals surface area (Å²) in [6.07, 6.45) is 1.17. The predicted molar refractivity (Wildman–Crippen MR) is 80.2 cm³/mol. The summed E-state index contributed by atoms with van der Waals surface area (Å²) in [5.41, 5.74) is -1.45. The van der Waals surface area contributed by atoms with E-state index in [9.17, 15) is 18.3 Å². The van der Waals surface area contributed by atoms with Crippen LogP contribution in [0.4, 0.5) is 0 Å². The van der Waals surface area contributed by atoms with E-state index in [2.05, 4.69) is 20.7 Å². The Morgan fingerprint density at radius 1 is 1.48 bits per heavy atom. The van der Waals surface area contributed by atoms with Gasteiger partial charge in [-0.1, -0.05) is 11.6 Å². The highest BCUT2D eigenvalue weighted by Crippen LogP contribution is 2.38. The molecule has 1 aromatic rings. The second-order valence-corrected chi connectivity index (χ2v) is 7.71. The molecule has 116 valence electrons. The van der Waals surface area contributed by atoms with Crippen LogP contribution in [-0.4, -0.2) is 32.1 Å². The molecule has 1 aliphatic rings. The van der Waals surface area contributed by atoms with Crippen LogP contribution in [0, 0.1) is 0 Å². The number of methoxy groups -OCH3 is 1. The molecule has 0 radical (unpaired) electrons. The Bertz CT molecular complexity index is 687. The van der Waals surface area contributed by atoms with Gasteiger partial charge in [-0.05, 0) is 47.3 Å². The zero-order chi connectivity index (χ0) is 15.8. The van der Waals surface area contributed by atoms with Gasteiger partial charge in [0.2, 0.25) is 10.0 Å². The van der Waals surface area contributed by atoms with Crippen molar-refractivity contribution in [1.82, 2.24) is 4.72 Å². The van der Waals surface area contributed by atoms with Crippen molar-refractivity contribution in [2.24, 2.45) is 0 Å². The highest BCUT2D eigenvalue weighted by Gasteiger charge is 2.48. The second kappa shape index (κ2) is 5.75. The third-order valence-electron chi connectivity index (χ3n) is 3.41. The molecule has 6 nitrogen and oxygen atoms in total. The van der Waals surface area contributed by atoms with Crippen LogP contribution >= 0.6 is 27.5 Å². The molecule has 9 heteroatoms. The zero-order valence-electron chi connectivity index (χ0n) is 11.0. The van der Waals surface area contributed by atoms with Gasteiger partial charge in [0.1, 0.15) is 10.4 Å². The number of ether oxygens (including phenoxy) is 1. The van der Waals surface area contributed by atoms with E-state index in [4.69, 9.17) is 16.3 Å². The predicted octanol–water partition coefficient (Wildman–Crippen LogP) is 2.40. The van der Waals surface area contributed by atoms with Crippen molar-refractivity contribution in [1.29, 1.82) is 0 Å². The highest BCUT2D eigenvalue weighted by atomic mass is 79.9. The number of nitrogens with one attached hydrogen (secondary N) is 1. The lowest BCUT2D eigenvalue weighted by Crippen LogP contribution is -2.58. The van der Waals surface area contributed by atoms with Gasteiger partial charge in [0.05, 0.1) is 11.6 Å². The summed E-state index contributed by atoms with van der Waals surface area (Å²) in [5, 5.41) is 9.43. The molecule has 0 atom stereocenters. The van der Waals surface area contributed by atoms with Gasteiger partial charge in [-0.25, -0.2) is 8.42 Å². The van der Waals surface area contributed by atoms with Gasteiger partial charge in [0.25, 0.3) is 0 Å². The summed E-state index contributed by atoms with van der Waals surface area (Å²) in [5.74, 6) is -1.11. The van der Waals surface area contributed by atoms with E-state index in [1.807, 2.05) is 0 Å². The SMILES string of the molecule is COc1c(Br)cc(Cl)cc1S(=O)(=O)NC1(C(=O)O)CCC1. The molecule has 2 rings (SSSR count). The fourth-order valence-electron chi connectivity index (χ4n) is 2.14. The van der Waals surface area contributed by atoms with Crippen molar-refractivity contribution < 1.29 is 23.1 Å². The molecule has 0 saturated heterocycles. The monoisotopic (exact) mass is 397 g/mol. The molecular formula is C12H13BrClNO5S. The largest absolute Gasteiger partial charge is 0.494 e. The van der Waals surface area contributed by atoms with Crippen molar-refractivity contribution in [3.8, 4) is 5.75 Å². The molecule has 21 heavy (non-hydrogen) atoms. The van der Waals surface area contributed by atoms with Crippen molar-refractivity contribution in [3.63, 3.8) is 0 Å². The molecule has 0 amide bonds. The highest BCUT2D eigenvalue weighted by molar-refractivity contribution is 9.10. The molecular weight excluding hydrogens is 386 g/mol. The van der Waals surface area contributed by atoms with Crippen molar-refractivity contribution in [3.05, 3.63) is 21.6 Å². The van der Waals surface area contributed by atoms with E-state index in [0.29, 0.717) is 10.9 Å². The molecule has 1 fully saturated rings. The number of hydrogen-bond donors (Lipinski definition) is 2. The van der Waals surface area contributed by atoms with Gasteiger partial charge in [0.15, 0.2) is 5.75 Å². The summed E-state index contributed by atoms with van der Waals surface area (Å²) < 4.78 is 32.7. The lowest BCUT2D eigenvalue weighted by atomic mass is 9.78. The van der Waals surface area contributed by atoms with E-state index in [-0.39, 0.29) is 28.5 Å². The van der Waals surface area contributed by atoms with Crippen molar-refractivity contribution in [2.45, 2.75) is 29.7 Å². The number of carboxylic acid groups (broad SMARTS) is 1. The Hall–Kier alpha value is -0.830. The lowest BCUT2D eigenvalue weighted by Gasteiger charge is -2.37. The van der Waals surface area contributed by atoms with E-state index in [0.717, 1.165) is 0 Å². The smallest absolute Gasteiger partial charge is 0.324 e. The van der Waals surface area contributed by atoms with Crippen LogP contribution in [0.1, 0.15) is 19.3 Å². The number of aliphatic carboxylic acids is 1.